The fraction of sp³-hybridized carbons (Fsp3) is 0.0833. The van der Waals surface area contributed by atoms with Crippen LogP contribution >= 0.6 is 0 Å². The lowest BCUT2D eigenvalue weighted by Gasteiger charge is -2.06. The Morgan fingerprint density at radius 1 is 1.39 bits per heavy atom. The molecule has 1 aromatic heterocycles. The summed E-state index contributed by atoms with van der Waals surface area (Å²) < 4.78 is 4.96. The second kappa shape index (κ2) is 4.70. The SMILES string of the molecule is COc1cc(-c2ncccc2[N+](=O)[O-])ccc1O. The molecule has 1 aromatic carbocycles. The Morgan fingerprint density at radius 2 is 2.17 bits per heavy atom. The number of aromatic hydroxyl groups is 1. The van der Waals surface area contributed by atoms with Crippen LogP contribution in [0.1, 0.15) is 0 Å². The highest BCUT2D eigenvalue weighted by molar-refractivity contribution is 5.71. The summed E-state index contributed by atoms with van der Waals surface area (Å²) in [6.07, 6.45) is 1.47. The van der Waals surface area contributed by atoms with E-state index in [0.29, 0.717) is 5.56 Å². The van der Waals surface area contributed by atoms with Crippen molar-refractivity contribution in [1.29, 1.82) is 0 Å². The van der Waals surface area contributed by atoms with E-state index in [-0.39, 0.29) is 22.9 Å². The number of benzene rings is 1. The summed E-state index contributed by atoms with van der Waals surface area (Å²) >= 11 is 0. The van der Waals surface area contributed by atoms with Gasteiger partial charge in [-0.2, -0.15) is 0 Å². The summed E-state index contributed by atoms with van der Waals surface area (Å²) in [6, 6.07) is 7.34. The lowest BCUT2D eigenvalue weighted by molar-refractivity contribution is -0.384. The molecule has 0 aliphatic rings. The minimum absolute atomic E-state index is 0.0279. The zero-order chi connectivity index (χ0) is 13.1. The number of phenolic OH excluding ortho intramolecular Hbond substituents is 1. The van der Waals surface area contributed by atoms with E-state index in [2.05, 4.69) is 4.98 Å². The van der Waals surface area contributed by atoms with Gasteiger partial charge in [0.1, 0.15) is 5.69 Å². The number of methoxy groups -OCH3 is 1. The fourth-order valence-corrected chi connectivity index (χ4v) is 1.59. The minimum Gasteiger partial charge on any atom is -0.504 e. The third kappa shape index (κ3) is 2.08. The van der Waals surface area contributed by atoms with Gasteiger partial charge in [0.15, 0.2) is 11.5 Å². The summed E-state index contributed by atoms with van der Waals surface area (Å²) in [6.45, 7) is 0. The van der Waals surface area contributed by atoms with Crippen molar-refractivity contribution in [2.24, 2.45) is 0 Å². The molecule has 2 aromatic rings. The van der Waals surface area contributed by atoms with Crippen molar-refractivity contribution in [2.45, 2.75) is 0 Å². The first-order valence-corrected chi connectivity index (χ1v) is 5.10. The smallest absolute Gasteiger partial charge is 0.295 e. The van der Waals surface area contributed by atoms with Crippen LogP contribution in [-0.2, 0) is 0 Å². The molecule has 0 amide bonds. The van der Waals surface area contributed by atoms with Gasteiger partial charge in [0, 0.05) is 17.8 Å². The second-order valence-electron chi connectivity index (χ2n) is 3.51. The number of aromatic nitrogens is 1. The normalized spacial score (nSPS) is 10.1. The number of nitro groups is 1. The van der Waals surface area contributed by atoms with Crippen LogP contribution in [0.25, 0.3) is 11.3 Å². The molecule has 0 aliphatic carbocycles. The van der Waals surface area contributed by atoms with Crippen LogP contribution in [0.4, 0.5) is 5.69 Å². The minimum atomic E-state index is -0.498. The predicted molar refractivity (Wildman–Crippen MR) is 64.5 cm³/mol. The standard InChI is InChI=1S/C12H10N2O4/c1-18-11-7-8(4-5-10(11)15)12-9(14(16)17)3-2-6-13-12/h2-7,15H,1H3. The third-order valence-electron chi connectivity index (χ3n) is 2.44. The molecule has 6 nitrogen and oxygen atoms in total. The lowest BCUT2D eigenvalue weighted by atomic mass is 10.1. The summed E-state index contributed by atoms with van der Waals surface area (Å²) in [7, 11) is 1.41. The second-order valence-corrected chi connectivity index (χ2v) is 3.51. The molecule has 92 valence electrons. The molecule has 0 bridgehead atoms. The average molecular weight is 246 g/mol. The Labute approximate surface area is 103 Å². The number of phenols is 1. The van der Waals surface area contributed by atoms with Crippen molar-refractivity contribution in [3.05, 3.63) is 46.6 Å². The third-order valence-corrected chi connectivity index (χ3v) is 2.44. The number of pyridine rings is 1. The van der Waals surface area contributed by atoms with Crippen molar-refractivity contribution in [3.63, 3.8) is 0 Å². The molecule has 2 rings (SSSR count). The van der Waals surface area contributed by atoms with E-state index in [1.807, 2.05) is 0 Å². The molecule has 0 fully saturated rings. The molecule has 0 saturated heterocycles. The van der Waals surface area contributed by atoms with Crippen molar-refractivity contribution < 1.29 is 14.8 Å². The van der Waals surface area contributed by atoms with Crippen LogP contribution in [0, 0.1) is 10.1 Å². The molecule has 6 heteroatoms. The van der Waals surface area contributed by atoms with E-state index >= 15 is 0 Å². The molecular formula is C12H10N2O4. The van der Waals surface area contributed by atoms with Gasteiger partial charge in [-0.3, -0.25) is 10.1 Å². The Morgan fingerprint density at radius 3 is 2.83 bits per heavy atom. The van der Waals surface area contributed by atoms with Gasteiger partial charge in [-0.15, -0.1) is 0 Å². The molecule has 18 heavy (non-hydrogen) atoms. The van der Waals surface area contributed by atoms with E-state index in [9.17, 15) is 15.2 Å². The Bertz CT molecular complexity index is 598. The van der Waals surface area contributed by atoms with Gasteiger partial charge in [-0.1, -0.05) is 0 Å². The van der Waals surface area contributed by atoms with Crippen LogP contribution in [0.2, 0.25) is 0 Å². The van der Waals surface area contributed by atoms with Gasteiger partial charge in [-0.05, 0) is 24.3 Å². The molecule has 0 radical (unpaired) electrons. The summed E-state index contributed by atoms with van der Waals surface area (Å²) in [4.78, 5) is 14.4. The van der Waals surface area contributed by atoms with E-state index in [4.69, 9.17) is 4.74 Å². The van der Waals surface area contributed by atoms with E-state index < -0.39 is 4.92 Å². The van der Waals surface area contributed by atoms with Gasteiger partial charge in [-0.25, -0.2) is 4.98 Å². The number of rotatable bonds is 3. The van der Waals surface area contributed by atoms with Crippen molar-refractivity contribution in [3.8, 4) is 22.8 Å². The monoisotopic (exact) mass is 246 g/mol. The zero-order valence-electron chi connectivity index (χ0n) is 9.53. The van der Waals surface area contributed by atoms with Gasteiger partial charge < -0.3 is 9.84 Å². The highest BCUT2D eigenvalue weighted by Crippen LogP contribution is 2.33. The highest BCUT2D eigenvalue weighted by atomic mass is 16.6. The summed E-state index contributed by atoms with van der Waals surface area (Å²) in [5.74, 6) is 0.215. The lowest BCUT2D eigenvalue weighted by Crippen LogP contribution is -1.94. The van der Waals surface area contributed by atoms with Gasteiger partial charge in [0.2, 0.25) is 0 Å². The maximum Gasteiger partial charge on any atom is 0.295 e. The zero-order valence-corrected chi connectivity index (χ0v) is 9.53. The largest absolute Gasteiger partial charge is 0.504 e. The van der Waals surface area contributed by atoms with E-state index in [1.165, 1.54) is 37.6 Å². The fourth-order valence-electron chi connectivity index (χ4n) is 1.59. The van der Waals surface area contributed by atoms with Crippen LogP contribution in [-0.4, -0.2) is 22.1 Å². The first-order valence-electron chi connectivity index (χ1n) is 5.10. The molecule has 0 atom stereocenters. The molecular weight excluding hydrogens is 236 g/mol. The van der Waals surface area contributed by atoms with Gasteiger partial charge >= 0.3 is 0 Å². The predicted octanol–water partition coefficient (Wildman–Crippen LogP) is 2.37. The number of nitrogens with zero attached hydrogens (tertiary/aromatic N) is 2. The number of hydrogen-bond acceptors (Lipinski definition) is 5. The molecule has 0 unspecified atom stereocenters. The summed E-state index contributed by atoms with van der Waals surface area (Å²) in [5.41, 5.74) is 0.656. The maximum atomic E-state index is 10.9. The molecule has 0 aliphatic heterocycles. The van der Waals surface area contributed by atoms with Crippen LogP contribution in [0.15, 0.2) is 36.5 Å². The Hall–Kier alpha value is -2.63. The van der Waals surface area contributed by atoms with Gasteiger partial charge in [0.25, 0.3) is 5.69 Å². The Kier molecular flexibility index (Phi) is 3.09. The Balaban J connectivity index is 2.58. The highest BCUT2D eigenvalue weighted by Gasteiger charge is 2.17. The maximum absolute atomic E-state index is 10.9. The molecule has 1 N–H and O–H groups in total. The number of hydrogen-bond donors (Lipinski definition) is 1. The molecule has 0 saturated carbocycles. The average Bonchev–Trinajstić information content (AvgIpc) is 2.39. The van der Waals surface area contributed by atoms with Crippen molar-refractivity contribution in [2.75, 3.05) is 7.11 Å². The first-order chi connectivity index (χ1) is 8.63. The van der Waals surface area contributed by atoms with Crippen LogP contribution < -0.4 is 4.74 Å². The molecule has 0 spiro atoms. The van der Waals surface area contributed by atoms with Crippen molar-refractivity contribution >= 4 is 5.69 Å². The quantitative estimate of drug-likeness (QED) is 0.663. The topological polar surface area (TPSA) is 85.5 Å². The number of ether oxygens (including phenoxy) is 1. The van der Waals surface area contributed by atoms with Gasteiger partial charge in [0.05, 0.1) is 12.0 Å². The van der Waals surface area contributed by atoms with E-state index in [1.54, 1.807) is 6.07 Å². The van der Waals surface area contributed by atoms with Crippen LogP contribution in [0.3, 0.4) is 0 Å². The molecule has 1 heterocycles. The first kappa shape index (κ1) is 11.8. The van der Waals surface area contributed by atoms with E-state index in [0.717, 1.165) is 0 Å². The van der Waals surface area contributed by atoms with Crippen molar-refractivity contribution in [1.82, 2.24) is 4.98 Å². The van der Waals surface area contributed by atoms with Crippen LogP contribution in [0.5, 0.6) is 11.5 Å². The summed E-state index contributed by atoms with van der Waals surface area (Å²) in [5, 5.41) is 20.4.